The fraction of sp³-hybridized carbons (Fsp3) is 0.0714. The number of hydrogen-bond acceptors (Lipinski definition) is 3. The van der Waals surface area contributed by atoms with Crippen LogP contribution in [0, 0.1) is 0 Å². The van der Waals surface area contributed by atoms with Gasteiger partial charge in [-0.2, -0.15) is 0 Å². The molecule has 0 fully saturated rings. The maximum atomic E-state index is 12.3. The topological polar surface area (TPSA) is 54.5 Å². The largest absolute Gasteiger partial charge is 0.272 e. The molecule has 0 spiro atoms. The smallest absolute Gasteiger partial charge is 0.268 e. The standard InChI is InChI=1S/C14H13NO3S/c1-19(17,18)15(13-10-6-3-7-11-13)14(16)12-8-4-2-5-9-12/h2-11H,1H3. The predicted octanol–water partition coefficient (Wildman–Crippen LogP) is 2.29. The molecule has 1 amide bonds. The van der Waals surface area contributed by atoms with Gasteiger partial charge in [0, 0.05) is 5.56 Å². The van der Waals surface area contributed by atoms with Crippen molar-refractivity contribution in [3.8, 4) is 0 Å². The van der Waals surface area contributed by atoms with Crippen LogP contribution in [0.25, 0.3) is 0 Å². The molecule has 0 N–H and O–H groups in total. The van der Waals surface area contributed by atoms with Crippen LogP contribution in [0.3, 0.4) is 0 Å². The summed E-state index contributed by atoms with van der Waals surface area (Å²) in [5.74, 6) is -0.561. The van der Waals surface area contributed by atoms with E-state index >= 15 is 0 Å². The number of amides is 1. The lowest BCUT2D eigenvalue weighted by Gasteiger charge is -2.20. The summed E-state index contributed by atoms with van der Waals surface area (Å²) in [5, 5.41) is 0. The Bertz CT molecular complexity index is 666. The molecule has 0 aliphatic heterocycles. The summed E-state index contributed by atoms with van der Waals surface area (Å²) >= 11 is 0. The van der Waals surface area contributed by atoms with E-state index in [0.29, 0.717) is 11.3 Å². The molecule has 98 valence electrons. The van der Waals surface area contributed by atoms with Crippen molar-refractivity contribution in [2.45, 2.75) is 0 Å². The molecule has 2 aromatic rings. The normalized spacial score (nSPS) is 11.0. The van der Waals surface area contributed by atoms with Crippen molar-refractivity contribution in [2.24, 2.45) is 0 Å². The lowest BCUT2D eigenvalue weighted by Crippen LogP contribution is -2.36. The van der Waals surface area contributed by atoms with E-state index < -0.39 is 15.9 Å². The summed E-state index contributed by atoms with van der Waals surface area (Å²) in [6.07, 6.45) is 1.01. The van der Waals surface area contributed by atoms with E-state index in [1.165, 1.54) is 0 Å². The molecular formula is C14H13NO3S. The molecule has 4 nitrogen and oxygen atoms in total. The minimum absolute atomic E-state index is 0.330. The van der Waals surface area contributed by atoms with Crippen LogP contribution in [0.1, 0.15) is 10.4 Å². The molecular weight excluding hydrogens is 262 g/mol. The highest BCUT2D eigenvalue weighted by Crippen LogP contribution is 2.19. The lowest BCUT2D eigenvalue weighted by atomic mass is 10.2. The first kappa shape index (κ1) is 13.3. The van der Waals surface area contributed by atoms with Gasteiger partial charge < -0.3 is 0 Å². The Morgan fingerprint density at radius 1 is 0.895 bits per heavy atom. The second kappa shape index (κ2) is 5.24. The molecule has 0 radical (unpaired) electrons. The van der Waals surface area contributed by atoms with E-state index in [-0.39, 0.29) is 0 Å². The van der Waals surface area contributed by atoms with Crippen LogP contribution in [0.5, 0.6) is 0 Å². The fourth-order valence-corrected chi connectivity index (χ4v) is 2.63. The van der Waals surface area contributed by atoms with Gasteiger partial charge in [-0.1, -0.05) is 36.4 Å². The minimum Gasteiger partial charge on any atom is -0.268 e. The van der Waals surface area contributed by atoms with Crippen LogP contribution < -0.4 is 4.31 Å². The molecule has 2 aromatic carbocycles. The molecule has 0 saturated carbocycles. The number of rotatable bonds is 3. The lowest BCUT2D eigenvalue weighted by molar-refractivity contribution is 0.101. The molecule has 0 unspecified atom stereocenters. The second-order valence-corrected chi connectivity index (χ2v) is 5.87. The van der Waals surface area contributed by atoms with E-state index in [4.69, 9.17) is 0 Å². The van der Waals surface area contributed by atoms with Crippen LogP contribution in [0.4, 0.5) is 5.69 Å². The maximum absolute atomic E-state index is 12.3. The van der Waals surface area contributed by atoms with Crippen LogP contribution in [-0.2, 0) is 10.0 Å². The molecule has 0 saturated heterocycles. The molecule has 5 heteroatoms. The number of benzene rings is 2. The zero-order valence-electron chi connectivity index (χ0n) is 10.4. The number of sulfonamides is 1. The van der Waals surface area contributed by atoms with Gasteiger partial charge in [-0.25, -0.2) is 12.7 Å². The molecule has 0 bridgehead atoms. The molecule has 0 atom stereocenters. The average Bonchev–Trinajstić information content (AvgIpc) is 2.39. The summed E-state index contributed by atoms with van der Waals surface area (Å²) in [4.78, 5) is 12.3. The van der Waals surface area contributed by atoms with Crippen molar-refractivity contribution < 1.29 is 13.2 Å². The summed E-state index contributed by atoms with van der Waals surface area (Å²) in [6.45, 7) is 0. The van der Waals surface area contributed by atoms with Crippen molar-refractivity contribution in [3.05, 3.63) is 66.2 Å². The zero-order valence-corrected chi connectivity index (χ0v) is 11.2. The highest BCUT2D eigenvalue weighted by molar-refractivity contribution is 7.92. The van der Waals surface area contributed by atoms with E-state index in [0.717, 1.165) is 10.6 Å². The minimum atomic E-state index is -3.68. The Kier molecular flexibility index (Phi) is 3.66. The third-order valence-electron chi connectivity index (χ3n) is 2.53. The van der Waals surface area contributed by atoms with Gasteiger partial charge in [-0.15, -0.1) is 0 Å². The number of nitrogens with zero attached hydrogens (tertiary/aromatic N) is 1. The van der Waals surface area contributed by atoms with Crippen molar-refractivity contribution in [1.29, 1.82) is 0 Å². The van der Waals surface area contributed by atoms with E-state index in [2.05, 4.69) is 0 Å². The van der Waals surface area contributed by atoms with Crippen molar-refractivity contribution in [3.63, 3.8) is 0 Å². The summed E-state index contributed by atoms with van der Waals surface area (Å²) in [6, 6.07) is 16.6. The van der Waals surface area contributed by atoms with Crippen molar-refractivity contribution in [2.75, 3.05) is 10.6 Å². The first-order chi connectivity index (χ1) is 9.00. The van der Waals surface area contributed by atoms with Gasteiger partial charge in [0.15, 0.2) is 0 Å². The highest BCUT2D eigenvalue weighted by Gasteiger charge is 2.25. The SMILES string of the molecule is CS(=O)(=O)N(C(=O)c1ccccc1)c1ccccc1. The molecule has 0 aromatic heterocycles. The number of hydrogen-bond donors (Lipinski definition) is 0. The summed E-state index contributed by atoms with van der Waals surface area (Å²) in [5.41, 5.74) is 0.663. The van der Waals surface area contributed by atoms with Crippen LogP contribution in [-0.4, -0.2) is 20.6 Å². The van der Waals surface area contributed by atoms with E-state index in [1.54, 1.807) is 60.7 Å². The van der Waals surface area contributed by atoms with Gasteiger partial charge in [0.05, 0.1) is 11.9 Å². The Hall–Kier alpha value is -2.14. The van der Waals surface area contributed by atoms with Gasteiger partial charge >= 0.3 is 0 Å². The van der Waals surface area contributed by atoms with Gasteiger partial charge in [0.25, 0.3) is 5.91 Å². The van der Waals surface area contributed by atoms with Crippen LogP contribution in [0.15, 0.2) is 60.7 Å². The number of anilines is 1. The monoisotopic (exact) mass is 275 g/mol. The van der Waals surface area contributed by atoms with Crippen LogP contribution >= 0.6 is 0 Å². The Balaban J connectivity index is 2.50. The molecule has 0 aliphatic carbocycles. The Morgan fingerprint density at radius 3 is 1.84 bits per heavy atom. The fourth-order valence-electron chi connectivity index (χ4n) is 1.72. The summed E-state index contributed by atoms with van der Waals surface area (Å²) in [7, 11) is -3.68. The maximum Gasteiger partial charge on any atom is 0.272 e. The highest BCUT2D eigenvalue weighted by atomic mass is 32.2. The van der Waals surface area contributed by atoms with E-state index in [9.17, 15) is 13.2 Å². The van der Waals surface area contributed by atoms with Gasteiger partial charge in [0.2, 0.25) is 10.0 Å². The second-order valence-electron chi connectivity index (χ2n) is 4.03. The summed E-state index contributed by atoms with van der Waals surface area (Å²) < 4.78 is 24.5. The van der Waals surface area contributed by atoms with Gasteiger partial charge in [0.1, 0.15) is 0 Å². The number of para-hydroxylation sites is 1. The third-order valence-corrected chi connectivity index (χ3v) is 3.57. The number of carbonyl (C=O) groups is 1. The van der Waals surface area contributed by atoms with E-state index in [1.807, 2.05) is 0 Å². The molecule has 0 aliphatic rings. The third kappa shape index (κ3) is 3.00. The average molecular weight is 275 g/mol. The molecule has 0 heterocycles. The quantitative estimate of drug-likeness (QED) is 0.863. The first-order valence-electron chi connectivity index (χ1n) is 5.65. The van der Waals surface area contributed by atoms with Gasteiger partial charge in [-0.3, -0.25) is 4.79 Å². The molecule has 2 rings (SSSR count). The predicted molar refractivity (Wildman–Crippen MR) is 74.5 cm³/mol. The van der Waals surface area contributed by atoms with Crippen LogP contribution in [0.2, 0.25) is 0 Å². The Morgan fingerprint density at radius 2 is 1.37 bits per heavy atom. The van der Waals surface area contributed by atoms with Crippen molar-refractivity contribution in [1.82, 2.24) is 0 Å². The van der Waals surface area contributed by atoms with Crippen molar-refractivity contribution >= 4 is 21.6 Å². The molecule has 19 heavy (non-hydrogen) atoms. The zero-order chi connectivity index (χ0) is 13.9. The van der Waals surface area contributed by atoms with Gasteiger partial charge in [-0.05, 0) is 24.3 Å². The number of carbonyl (C=O) groups excluding carboxylic acids is 1. The first-order valence-corrected chi connectivity index (χ1v) is 7.50. The Labute approximate surface area is 112 Å².